The fraction of sp³-hybridized carbons (Fsp3) is 0.0625. The fourth-order valence-corrected chi connectivity index (χ4v) is 11.2. The Bertz CT molecular complexity index is 3350. The number of hydrogen-bond donors (Lipinski definition) is 0. The molecule has 12 rings (SSSR count). The minimum absolute atomic E-state index is 0.165. The maximum atomic E-state index is 2.52. The average Bonchev–Trinajstić information content (AvgIpc) is 3.80. The highest BCUT2D eigenvalue weighted by molar-refractivity contribution is 5.99. The highest BCUT2D eigenvalue weighted by atomic mass is 15.1. The van der Waals surface area contributed by atoms with E-state index in [2.05, 4.69) is 267 Å². The molecule has 0 aliphatic heterocycles. The normalized spacial score (nSPS) is 13.6. The molecule has 2 aliphatic carbocycles. The van der Waals surface area contributed by atoms with Crippen LogP contribution in [0, 0.1) is 0 Å². The molecule has 0 aromatic heterocycles. The molecule has 0 bridgehead atoms. The van der Waals surface area contributed by atoms with Crippen molar-refractivity contribution in [1.82, 2.24) is 0 Å². The van der Waals surface area contributed by atoms with Gasteiger partial charge in [-0.05, 0) is 120 Å². The van der Waals surface area contributed by atoms with Gasteiger partial charge >= 0.3 is 0 Å². The summed E-state index contributed by atoms with van der Waals surface area (Å²) in [5, 5.41) is 0. The molecule has 308 valence electrons. The lowest BCUT2D eigenvalue weighted by atomic mass is 9.67. The van der Waals surface area contributed by atoms with Crippen LogP contribution in [0.3, 0.4) is 0 Å². The Kier molecular flexibility index (Phi) is 9.14. The lowest BCUT2D eigenvalue weighted by molar-refractivity contribution is 0.660. The van der Waals surface area contributed by atoms with Gasteiger partial charge in [0.2, 0.25) is 0 Å². The van der Waals surface area contributed by atoms with E-state index in [0.29, 0.717) is 0 Å². The van der Waals surface area contributed by atoms with Crippen molar-refractivity contribution in [3.63, 3.8) is 0 Å². The molecule has 0 spiro atoms. The van der Waals surface area contributed by atoms with E-state index in [-0.39, 0.29) is 5.41 Å². The molecule has 0 fully saturated rings. The second-order valence-corrected chi connectivity index (χ2v) is 18.0. The van der Waals surface area contributed by atoms with Crippen molar-refractivity contribution in [2.75, 3.05) is 4.90 Å². The average molecular weight is 830 g/mol. The summed E-state index contributed by atoms with van der Waals surface area (Å²) >= 11 is 0. The third kappa shape index (κ3) is 6.07. The molecular formula is C64H47N. The van der Waals surface area contributed by atoms with Crippen molar-refractivity contribution in [2.45, 2.75) is 24.7 Å². The van der Waals surface area contributed by atoms with Crippen LogP contribution in [-0.4, -0.2) is 0 Å². The van der Waals surface area contributed by atoms with Crippen LogP contribution in [0.5, 0.6) is 0 Å². The van der Waals surface area contributed by atoms with Crippen LogP contribution in [0.25, 0.3) is 55.6 Å². The molecule has 0 saturated carbocycles. The summed E-state index contributed by atoms with van der Waals surface area (Å²) in [5.41, 5.74) is 22.7. The Morgan fingerprint density at radius 1 is 0.292 bits per heavy atom. The predicted molar refractivity (Wildman–Crippen MR) is 272 cm³/mol. The zero-order valence-corrected chi connectivity index (χ0v) is 36.6. The SMILES string of the molecule is CC1(C)c2ccccc2-c2ccc(N(c3cccc(-c4ccccc4)c3)c3cccc(-c4ccccc4)c3-c3ccc4c(c3)C(c3ccccc3)(c3ccccc3)c3ccccc3-4)cc21. The van der Waals surface area contributed by atoms with Gasteiger partial charge in [-0.1, -0.05) is 226 Å². The first kappa shape index (κ1) is 38.7. The minimum Gasteiger partial charge on any atom is -0.310 e. The van der Waals surface area contributed by atoms with Crippen LogP contribution in [0.4, 0.5) is 17.1 Å². The van der Waals surface area contributed by atoms with Crippen LogP contribution in [0.15, 0.2) is 249 Å². The van der Waals surface area contributed by atoms with Gasteiger partial charge in [0, 0.05) is 22.4 Å². The molecule has 0 saturated heterocycles. The summed E-state index contributed by atoms with van der Waals surface area (Å²) in [7, 11) is 0. The Morgan fingerprint density at radius 3 is 1.48 bits per heavy atom. The second-order valence-electron chi connectivity index (χ2n) is 18.0. The largest absolute Gasteiger partial charge is 0.310 e. The molecule has 1 nitrogen and oxygen atoms in total. The Labute approximate surface area is 382 Å². The van der Waals surface area contributed by atoms with Gasteiger partial charge in [0.15, 0.2) is 0 Å². The van der Waals surface area contributed by atoms with Gasteiger partial charge in [-0.15, -0.1) is 0 Å². The first-order valence-corrected chi connectivity index (χ1v) is 22.8. The molecule has 0 atom stereocenters. The molecule has 10 aromatic rings. The molecule has 0 radical (unpaired) electrons. The van der Waals surface area contributed by atoms with Crippen molar-refractivity contribution < 1.29 is 0 Å². The highest BCUT2D eigenvalue weighted by Gasteiger charge is 2.46. The number of rotatable bonds is 8. The molecule has 10 aromatic carbocycles. The third-order valence-electron chi connectivity index (χ3n) is 14.2. The van der Waals surface area contributed by atoms with Gasteiger partial charge in [-0.25, -0.2) is 0 Å². The van der Waals surface area contributed by atoms with Gasteiger partial charge < -0.3 is 4.90 Å². The Hall–Kier alpha value is -8.00. The van der Waals surface area contributed by atoms with E-state index in [1.54, 1.807) is 0 Å². The van der Waals surface area contributed by atoms with E-state index in [4.69, 9.17) is 0 Å². The lowest BCUT2D eigenvalue weighted by Crippen LogP contribution is -2.28. The zero-order chi connectivity index (χ0) is 43.5. The van der Waals surface area contributed by atoms with Crippen molar-refractivity contribution in [3.05, 3.63) is 282 Å². The van der Waals surface area contributed by atoms with Gasteiger partial charge in [-0.3, -0.25) is 0 Å². The molecule has 0 amide bonds. The number of anilines is 3. The summed E-state index contributed by atoms with van der Waals surface area (Å²) in [6.07, 6.45) is 0. The van der Waals surface area contributed by atoms with E-state index < -0.39 is 5.41 Å². The predicted octanol–water partition coefficient (Wildman–Crippen LogP) is 16.8. The van der Waals surface area contributed by atoms with Crippen LogP contribution in [0.2, 0.25) is 0 Å². The molecule has 0 N–H and O–H groups in total. The number of hydrogen-bond acceptors (Lipinski definition) is 1. The second kappa shape index (κ2) is 15.4. The molecule has 2 aliphatic rings. The summed E-state index contributed by atoms with van der Waals surface area (Å²) < 4.78 is 0. The van der Waals surface area contributed by atoms with Crippen molar-refractivity contribution in [2.24, 2.45) is 0 Å². The number of benzene rings is 10. The molecular weight excluding hydrogens is 783 g/mol. The van der Waals surface area contributed by atoms with Gasteiger partial charge in [0.25, 0.3) is 0 Å². The maximum absolute atomic E-state index is 2.52. The first-order valence-electron chi connectivity index (χ1n) is 22.8. The topological polar surface area (TPSA) is 3.24 Å². The van der Waals surface area contributed by atoms with Crippen LogP contribution in [0.1, 0.15) is 47.2 Å². The summed E-state index contributed by atoms with van der Waals surface area (Å²) in [6, 6.07) is 92.2. The number of fused-ring (bicyclic) bond motifs is 6. The van der Waals surface area contributed by atoms with Crippen molar-refractivity contribution >= 4 is 17.1 Å². The molecule has 0 unspecified atom stereocenters. The van der Waals surface area contributed by atoms with E-state index in [1.165, 1.54) is 89.0 Å². The first-order chi connectivity index (χ1) is 32.0. The standard InChI is InChI=1S/C64H47N/c1-63(2)57-34-17-15-31-53(57)55-40-38-51(43-59(55)63)65(50-30-19-25-46(41-50)44-21-7-3-8-22-44)61-36-20-33-52(45-23-9-4-10-24-45)62(61)47-37-39-56-54-32-16-18-35-58(54)64(60(56)42-47,48-26-11-5-12-27-48)49-28-13-6-14-29-49/h3-43H,1-2H3. The van der Waals surface area contributed by atoms with Gasteiger partial charge in [0.1, 0.15) is 0 Å². The molecule has 0 heterocycles. The van der Waals surface area contributed by atoms with Gasteiger partial charge in [0.05, 0.1) is 11.1 Å². The van der Waals surface area contributed by atoms with E-state index >= 15 is 0 Å². The summed E-state index contributed by atoms with van der Waals surface area (Å²) in [5.74, 6) is 0. The van der Waals surface area contributed by atoms with Crippen LogP contribution in [-0.2, 0) is 10.8 Å². The minimum atomic E-state index is -0.531. The summed E-state index contributed by atoms with van der Waals surface area (Å²) in [6.45, 7) is 4.75. The Balaban J connectivity index is 1.15. The number of nitrogens with zero attached hydrogens (tertiary/aromatic N) is 1. The fourth-order valence-electron chi connectivity index (χ4n) is 11.2. The van der Waals surface area contributed by atoms with Crippen LogP contribution < -0.4 is 4.90 Å². The van der Waals surface area contributed by atoms with E-state index in [0.717, 1.165) is 17.1 Å². The Morgan fingerprint density at radius 2 is 0.785 bits per heavy atom. The monoisotopic (exact) mass is 829 g/mol. The zero-order valence-electron chi connectivity index (χ0n) is 36.6. The highest BCUT2D eigenvalue weighted by Crippen LogP contribution is 2.58. The quantitative estimate of drug-likeness (QED) is 0.147. The smallest absolute Gasteiger partial charge is 0.0713 e. The van der Waals surface area contributed by atoms with Gasteiger partial charge in [-0.2, -0.15) is 0 Å². The molecule has 1 heteroatoms. The van der Waals surface area contributed by atoms with E-state index in [1.807, 2.05) is 0 Å². The maximum Gasteiger partial charge on any atom is 0.0713 e. The van der Waals surface area contributed by atoms with Crippen LogP contribution >= 0.6 is 0 Å². The van der Waals surface area contributed by atoms with E-state index in [9.17, 15) is 0 Å². The molecule has 65 heavy (non-hydrogen) atoms. The van der Waals surface area contributed by atoms with Crippen molar-refractivity contribution in [1.29, 1.82) is 0 Å². The third-order valence-corrected chi connectivity index (χ3v) is 14.2. The summed E-state index contributed by atoms with van der Waals surface area (Å²) in [4.78, 5) is 2.51. The lowest BCUT2D eigenvalue weighted by Gasteiger charge is -2.34. The van der Waals surface area contributed by atoms with Crippen molar-refractivity contribution in [3.8, 4) is 55.6 Å².